The van der Waals surface area contributed by atoms with Crippen molar-refractivity contribution in [1.29, 1.82) is 0 Å². The summed E-state index contributed by atoms with van der Waals surface area (Å²) < 4.78 is 25.8. The van der Waals surface area contributed by atoms with Crippen molar-refractivity contribution in [3.05, 3.63) is 65.2 Å². The monoisotopic (exact) mass is 416 g/mol. The maximum atomic E-state index is 12.4. The summed E-state index contributed by atoms with van der Waals surface area (Å²) in [4.78, 5) is 12.4. The van der Waals surface area contributed by atoms with E-state index in [-0.39, 0.29) is 24.9 Å². The molecule has 0 aliphatic heterocycles. The number of nitrogens with zero attached hydrogens (tertiary/aromatic N) is 1. The Morgan fingerprint density at radius 3 is 2.17 bits per heavy atom. The van der Waals surface area contributed by atoms with Crippen LogP contribution in [0.5, 0.6) is 0 Å². The second kappa shape index (κ2) is 10.4. The van der Waals surface area contributed by atoms with E-state index in [0.717, 1.165) is 24.0 Å². The Labute approximate surface area is 175 Å². The maximum Gasteiger partial charge on any atom is 0.232 e. The van der Waals surface area contributed by atoms with Gasteiger partial charge in [-0.3, -0.25) is 9.10 Å². The Hall–Kier alpha value is -2.34. The van der Waals surface area contributed by atoms with Gasteiger partial charge in [-0.25, -0.2) is 8.42 Å². The van der Waals surface area contributed by atoms with Gasteiger partial charge in [0.05, 0.1) is 18.0 Å². The molecule has 0 heterocycles. The summed E-state index contributed by atoms with van der Waals surface area (Å²) >= 11 is 0. The summed E-state index contributed by atoms with van der Waals surface area (Å²) in [5.74, 6) is -0.0628. The molecule has 2 rings (SSSR count). The Bertz CT molecular complexity index is 891. The SMILES string of the molecule is CCc1ccc(N(CCCC(=O)N[C@@H](CC)c2ccc(C)cc2)S(C)(=O)=O)cc1. The molecule has 2 aromatic carbocycles. The number of aryl methyl sites for hydroxylation is 2. The number of anilines is 1. The minimum Gasteiger partial charge on any atom is -0.349 e. The van der Waals surface area contributed by atoms with Crippen molar-refractivity contribution in [1.82, 2.24) is 5.32 Å². The summed E-state index contributed by atoms with van der Waals surface area (Å²) in [6.07, 6.45) is 3.64. The van der Waals surface area contributed by atoms with Gasteiger partial charge in [0.1, 0.15) is 0 Å². The van der Waals surface area contributed by atoms with Crippen molar-refractivity contribution < 1.29 is 13.2 Å². The molecule has 0 spiro atoms. The number of carbonyl (C=O) groups is 1. The van der Waals surface area contributed by atoms with Gasteiger partial charge < -0.3 is 5.32 Å². The maximum absolute atomic E-state index is 12.4. The lowest BCUT2D eigenvalue weighted by Crippen LogP contribution is -2.33. The molecular weight excluding hydrogens is 384 g/mol. The van der Waals surface area contributed by atoms with Crippen LogP contribution in [0.3, 0.4) is 0 Å². The lowest BCUT2D eigenvalue weighted by Gasteiger charge is -2.23. The first kappa shape index (κ1) is 22.9. The van der Waals surface area contributed by atoms with Gasteiger partial charge in [0.2, 0.25) is 15.9 Å². The van der Waals surface area contributed by atoms with Crippen LogP contribution >= 0.6 is 0 Å². The largest absolute Gasteiger partial charge is 0.349 e. The molecule has 5 nitrogen and oxygen atoms in total. The third-order valence-corrected chi connectivity index (χ3v) is 6.22. The first-order chi connectivity index (χ1) is 13.7. The molecule has 0 bridgehead atoms. The fourth-order valence-electron chi connectivity index (χ4n) is 3.25. The van der Waals surface area contributed by atoms with Gasteiger partial charge in [0, 0.05) is 13.0 Å². The quantitative estimate of drug-likeness (QED) is 0.625. The molecular formula is C23H32N2O3S. The summed E-state index contributed by atoms with van der Waals surface area (Å²) in [6.45, 7) is 6.41. The molecule has 0 aromatic heterocycles. The molecule has 6 heteroatoms. The van der Waals surface area contributed by atoms with E-state index in [1.807, 2.05) is 62.4 Å². The Balaban J connectivity index is 1.95. The minimum absolute atomic E-state index is 0.0318. The van der Waals surface area contributed by atoms with Gasteiger partial charge in [-0.05, 0) is 49.4 Å². The summed E-state index contributed by atoms with van der Waals surface area (Å²) in [5, 5.41) is 3.06. The third-order valence-electron chi connectivity index (χ3n) is 5.02. The van der Waals surface area contributed by atoms with Crippen LogP contribution in [0.15, 0.2) is 48.5 Å². The van der Waals surface area contributed by atoms with E-state index in [0.29, 0.717) is 12.1 Å². The Kier molecular flexibility index (Phi) is 8.26. The van der Waals surface area contributed by atoms with Crippen LogP contribution < -0.4 is 9.62 Å². The molecule has 1 amide bonds. The van der Waals surface area contributed by atoms with Gasteiger partial charge in [-0.15, -0.1) is 0 Å². The number of nitrogens with one attached hydrogen (secondary N) is 1. The molecule has 0 saturated carbocycles. The molecule has 0 fully saturated rings. The first-order valence-corrected chi connectivity index (χ1v) is 12.0. The smallest absolute Gasteiger partial charge is 0.232 e. The van der Waals surface area contributed by atoms with E-state index < -0.39 is 10.0 Å². The van der Waals surface area contributed by atoms with Crippen molar-refractivity contribution in [2.45, 2.75) is 52.5 Å². The molecule has 0 unspecified atom stereocenters. The Morgan fingerprint density at radius 1 is 1.03 bits per heavy atom. The molecule has 0 aliphatic rings. The first-order valence-electron chi connectivity index (χ1n) is 10.2. The zero-order valence-corrected chi connectivity index (χ0v) is 18.6. The van der Waals surface area contributed by atoms with Crippen molar-refractivity contribution in [3.63, 3.8) is 0 Å². The summed E-state index contributed by atoms with van der Waals surface area (Å²) in [6, 6.07) is 15.6. The molecule has 0 aliphatic carbocycles. The van der Waals surface area contributed by atoms with Gasteiger partial charge >= 0.3 is 0 Å². The van der Waals surface area contributed by atoms with Crippen molar-refractivity contribution in [3.8, 4) is 0 Å². The standard InChI is InChI=1S/C23H32N2O3S/c1-5-19-11-15-21(16-12-19)25(29(4,27)28)17-7-8-23(26)24-22(6-2)20-13-9-18(3)10-14-20/h9-16,22H,5-8,17H2,1-4H3,(H,24,26)/t22-/m0/s1. The van der Waals surface area contributed by atoms with E-state index in [1.54, 1.807) is 0 Å². The fourth-order valence-corrected chi connectivity index (χ4v) is 4.22. The number of carbonyl (C=O) groups excluding carboxylic acids is 1. The molecule has 0 saturated heterocycles. The van der Waals surface area contributed by atoms with Gasteiger partial charge in [0.25, 0.3) is 0 Å². The average molecular weight is 417 g/mol. The number of rotatable bonds is 10. The fraction of sp³-hybridized carbons (Fsp3) is 0.435. The number of sulfonamides is 1. The van der Waals surface area contributed by atoms with E-state index in [1.165, 1.54) is 16.1 Å². The summed E-state index contributed by atoms with van der Waals surface area (Å²) in [5.41, 5.74) is 4.06. The van der Waals surface area contributed by atoms with Gasteiger partial charge in [0.15, 0.2) is 0 Å². The van der Waals surface area contributed by atoms with Crippen LogP contribution in [0.1, 0.15) is 55.8 Å². The number of benzene rings is 2. The van der Waals surface area contributed by atoms with Crippen molar-refractivity contribution in [2.75, 3.05) is 17.1 Å². The second-order valence-electron chi connectivity index (χ2n) is 7.40. The number of hydrogen-bond acceptors (Lipinski definition) is 3. The Morgan fingerprint density at radius 2 is 1.66 bits per heavy atom. The van der Waals surface area contributed by atoms with Crippen LogP contribution in [0, 0.1) is 6.92 Å². The average Bonchev–Trinajstić information content (AvgIpc) is 2.69. The second-order valence-corrected chi connectivity index (χ2v) is 9.30. The van der Waals surface area contributed by atoms with Crippen LogP contribution in [-0.2, 0) is 21.2 Å². The zero-order valence-electron chi connectivity index (χ0n) is 17.8. The highest BCUT2D eigenvalue weighted by atomic mass is 32.2. The van der Waals surface area contributed by atoms with Crippen LogP contribution in [0.4, 0.5) is 5.69 Å². The molecule has 2 aromatic rings. The van der Waals surface area contributed by atoms with E-state index in [4.69, 9.17) is 0 Å². The van der Waals surface area contributed by atoms with Crippen LogP contribution in [-0.4, -0.2) is 27.1 Å². The predicted molar refractivity (Wildman–Crippen MR) is 120 cm³/mol. The number of amides is 1. The molecule has 1 atom stereocenters. The van der Waals surface area contributed by atoms with Crippen LogP contribution in [0.2, 0.25) is 0 Å². The highest BCUT2D eigenvalue weighted by Crippen LogP contribution is 2.20. The number of hydrogen-bond donors (Lipinski definition) is 1. The normalized spacial score (nSPS) is 12.4. The highest BCUT2D eigenvalue weighted by Gasteiger charge is 2.18. The van der Waals surface area contributed by atoms with E-state index in [2.05, 4.69) is 12.2 Å². The lowest BCUT2D eigenvalue weighted by molar-refractivity contribution is -0.121. The van der Waals surface area contributed by atoms with Gasteiger partial charge in [-0.1, -0.05) is 55.8 Å². The zero-order chi connectivity index (χ0) is 21.4. The minimum atomic E-state index is -3.41. The topological polar surface area (TPSA) is 66.5 Å². The lowest BCUT2D eigenvalue weighted by atomic mass is 10.0. The molecule has 0 radical (unpaired) electrons. The highest BCUT2D eigenvalue weighted by molar-refractivity contribution is 7.92. The van der Waals surface area contributed by atoms with Crippen LogP contribution in [0.25, 0.3) is 0 Å². The predicted octanol–water partition coefficient (Wildman–Crippen LogP) is 4.37. The van der Waals surface area contributed by atoms with Crippen molar-refractivity contribution >= 4 is 21.6 Å². The van der Waals surface area contributed by atoms with Gasteiger partial charge in [-0.2, -0.15) is 0 Å². The van der Waals surface area contributed by atoms with E-state index >= 15 is 0 Å². The third kappa shape index (κ3) is 6.89. The summed E-state index contributed by atoms with van der Waals surface area (Å²) in [7, 11) is -3.41. The molecule has 1 N–H and O–H groups in total. The molecule has 158 valence electrons. The molecule has 29 heavy (non-hydrogen) atoms. The van der Waals surface area contributed by atoms with Crippen molar-refractivity contribution in [2.24, 2.45) is 0 Å². The van der Waals surface area contributed by atoms with E-state index in [9.17, 15) is 13.2 Å².